The summed E-state index contributed by atoms with van der Waals surface area (Å²) in [5, 5.41) is 2.88. The number of nitrogens with one attached hydrogen (secondary N) is 1. The number of carbonyl (C=O) groups excluding carboxylic acids is 2. The summed E-state index contributed by atoms with van der Waals surface area (Å²) < 4.78 is 18.3. The third kappa shape index (κ3) is 4.84. The van der Waals surface area contributed by atoms with Crippen molar-refractivity contribution in [2.45, 2.75) is 25.3 Å². The summed E-state index contributed by atoms with van der Waals surface area (Å²) in [5.41, 5.74) is 0.247. The van der Waals surface area contributed by atoms with Gasteiger partial charge in [-0.15, -0.1) is 0 Å². The summed E-state index contributed by atoms with van der Waals surface area (Å²) >= 11 is 5.66. The molecule has 1 amide bonds. The standard InChI is InChI=1S/C16H17ClFNO3/c1-22-16(21)14(8-10-2-3-10)19-15(20)7-5-11-4-6-12(17)9-13(11)18/h4-7,9-10,14H,2-3,8H2,1H3,(H,19,20)/b7-5+. The van der Waals surface area contributed by atoms with Gasteiger partial charge in [0.25, 0.3) is 0 Å². The Labute approximate surface area is 133 Å². The number of benzene rings is 1. The van der Waals surface area contributed by atoms with Crippen LogP contribution >= 0.6 is 11.6 Å². The molecule has 22 heavy (non-hydrogen) atoms. The number of amides is 1. The van der Waals surface area contributed by atoms with E-state index in [0.29, 0.717) is 12.3 Å². The van der Waals surface area contributed by atoms with Crippen molar-refractivity contribution in [1.82, 2.24) is 5.32 Å². The number of hydrogen-bond donors (Lipinski definition) is 1. The molecule has 1 atom stereocenters. The van der Waals surface area contributed by atoms with Gasteiger partial charge in [0.15, 0.2) is 0 Å². The summed E-state index contributed by atoms with van der Waals surface area (Å²) in [7, 11) is 1.29. The highest BCUT2D eigenvalue weighted by atomic mass is 35.5. The zero-order valence-electron chi connectivity index (χ0n) is 12.1. The van der Waals surface area contributed by atoms with Crippen LogP contribution in [0, 0.1) is 11.7 Å². The summed E-state index contributed by atoms with van der Waals surface area (Å²) in [5.74, 6) is -0.988. The van der Waals surface area contributed by atoms with Crippen LogP contribution in [0.5, 0.6) is 0 Å². The van der Waals surface area contributed by atoms with E-state index in [1.807, 2.05) is 0 Å². The van der Waals surface area contributed by atoms with Crippen molar-refractivity contribution in [3.8, 4) is 0 Å². The molecule has 0 heterocycles. The van der Waals surface area contributed by atoms with E-state index in [1.54, 1.807) is 0 Å². The third-order valence-electron chi connectivity index (χ3n) is 3.44. The van der Waals surface area contributed by atoms with Crippen molar-refractivity contribution >= 4 is 29.6 Å². The molecule has 4 nitrogen and oxygen atoms in total. The van der Waals surface area contributed by atoms with Crippen LogP contribution in [0.25, 0.3) is 6.08 Å². The molecule has 118 valence electrons. The minimum Gasteiger partial charge on any atom is -0.467 e. The Bertz CT molecular complexity index is 599. The van der Waals surface area contributed by atoms with Gasteiger partial charge in [-0.2, -0.15) is 0 Å². The third-order valence-corrected chi connectivity index (χ3v) is 3.68. The molecule has 6 heteroatoms. The Hall–Kier alpha value is -1.88. The number of carbonyl (C=O) groups is 2. The molecule has 1 aliphatic rings. The number of halogens is 2. The number of ether oxygens (including phenoxy) is 1. The molecular formula is C16H17ClFNO3. The van der Waals surface area contributed by atoms with Gasteiger partial charge in [-0.25, -0.2) is 9.18 Å². The first-order valence-electron chi connectivity index (χ1n) is 7.01. The van der Waals surface area contributed by atoms with Crippen molar-refractivity contribution in [3.63, 3.8) is 0 Å². The first-order valence-corrected chi connectivity index (χ1v) is 7.39. The second-order valence-electron chi connectivity index (χ2n) is 5.26. The molecule has 0 saturated heterocycles. The Morgan fingerprint density at radius 3 is 2.82 bits per heavy atom. The van der Waals surface area contributed by atoms with Gasteiger partial charge in [0.1, 0.15) is 11.9 Å². The Balaban J connectivity index is 1.97. The Kier molecular flexibility index (Phi) is 5.55. The monoisotopic (exact) mass is 325 g/mol. The van der Waals surface area contributed by atoms with Crippen molar-refractivity contribution in [3.05, 3.63) is 40.7 Å². The fraction of sp³-hybridized carbons (Fsp3) is 0.375. The van der Waals surface area contributed by atoms with E-state index in [9.17, 15) is 14.0 Å². The van der Waals surface area contributed by atoms with E-state index in [-0.39, 0.29) is 10.6 Å². The van der Waals surface area contributed by atoms with E-state index >= 15 is 0 Å². The summed E-state index contributed by atoms with van der Waals surface area (Å²) in [4.78, 5) is 23.5. The van der Waals surface area contributed by atoms with Gasteiger partial charge in [0.05, 0.1) is 7.11 Å². The minimum atomic E-state index is -0.662. The molecular weight excluding hydrogens is 309 g/mol. The van der Waals surface area contributed by atoms with E-state index in [1.165, 1.54) is 37.5 Å². The van der Waals surface area contributed by atoms with Gasteiger partial charge in [-0.05, 0) is 30.5 Å². The largest absolute Gasteiger partial charge is 0.467 e. The lowest BCUT2D eigenvalue weighted by Crippen LogP contribution is -2.41. The van der Waals surface area contributed by atoms with Crippen LogP contribution in [0.3, 0.4) is 0 Å². The van der Waals surface area contributed by atoms with Crippen LogP contribution < -0.4 is 5.32 Å². The van der Waals surface area contributed by atoms with Crippen LogP contribution in [0.15, 0.2) is 24.3 Å². The predicted octanol–water partition coefficient (Wildman–Crippen LogP) is 2.95. The molecule has 1 aromatic rings. The van der Waals surface area contributed by atoms with Gasteiger partial charge >= 0.3 is 5.97 Å². The van der Waals surface area contributed by atoms with Crippen LogP contribution in [-0.2, 0) is 14.3 Å². The SMILES string of the molecule is COC(=O)C(CC1CC1)NC(=O)/C=C/c1ccc(Cl)cc1F. The van der Waals surface area contributed by atoms with Crippen molar-refractivity contribution in [2.24, 2.45) is 5.92 Å². The van der Waals surface area contributed by atoms with Crippen molar-refractivity contribution < 1.29 is 18.7 Å². The van der Waals surface area contributed by atoms with Gasteiger partial charge in [0.2, 0.25) is 5.91 Å². The zero-order valence-corrected chi connectivity index (χ0v) is 12.9. The molecule has 0 radical (unpaired) electrons. The maximum absolute atomic E-state index is 13.6. The summed E-state index contributed by atoms with van der Waals surface area (Å²) in [6, 6.07) is 3.52. The van der Waals surface area contributed by atoms with Crippen LogP contribution in [-0.4, -0.2) is 25.0 Å². The van der Waals surface area contributed by atoms with E-state index in [0.717, 1.165) is 12.8 Å². The zero-order chi connectivity index (χ0) is 16.1. The first-order chi connectivity index (χ1) is 10.5. The molecule has 0 aliphatic heterocycles. The topological polar surface area (TPSA) is 55.4 Å². The lowest BCUT2D eigenvalue weighted by Gasteiger charge is -2.14. The van der Waals surface area contributed by atoms with Crippen LogP contribution in [0.1, 0.15) is 24.8 Å². The van der Waals surface area contributed by atoms with E-state index < -0.39 is 23.7 Å². The van der Waals surface area contributed by atoms with Gasteiger partial charge in [-0.3, -0.25) is 4.79 Å². The van der Waals surface area contributed by atoms with Crippen LogP contribution in [0.4, 0.5) is 4.39 Å². The lowest BCUT2D eigenvalue weighted by molar-refractivity contribution is -0.144. The number of hydrogen-bond acceptors (Lipinski definition) is 3. The summed E-state index contributed by atoms with van der Waals surface area (Å²) in [6.07, 6.45) is 5.23. The average molecular weight is 326 g/mol. The second-order valence-corrected chi connectivity index (χ2v) is 5.70. The van der Waals surface area contributed by atoms with Crippen LogP contribution in [0.2, 0.25) is 5.02 Å². The molecule has 0 bridgehead atoms. The highest BCUT2D eigenvalue weighted by molar-refractivity contribution is 6.30. The summed E-state index contributed by atoms with van der Waals surface area (Å²) in [6.45, 7) is 0. The van der Waals surface area contributed by atoms with Gasteiger partial charge < -0.3 is 10.1 Å². The molecule has 1 saturated carbocycles. The van der Waals surface area contributed by atoms with Gasteiger partial charge in [-0.1, -0.05) is 30.5 Å². The van der Waals surface area contributed by atoms with E-state index in [2.05, 4.69) is 10.1 Å². The first kappa shape index (κ1) is 16.5. The normalized spacial score (nSPS) is 15.6. The Morgan fingerprint density at radius 1 is 1.50 bits per heavy atom. The minimum absolute atomic E-state index is 0.247. The maximum Gasteiger partial charge on any atom is 0.328 e. The molecule has 1 aliphatic carbocycles. The molecule has 0 aromatic heterocycles. The quantitative estimate of drug-likeness (QED) is 0.646. The number of rotatable bonds is 6. The molecule has 1 unspecified atom stereocenters. The molecule has 1 aromatic carbocycles. The maximum atomic E-state index is 13.6. The second kappa shape index (κ2) is 7.40. The van der Waals surface area contributed by atoms with E-state index in [4.69, 9.17) is 11.6 Å². The number of methoxy groups -OCH3 is 1. The van der Waals surface area contributed by atoms with Gasteiger partial charge in [0, 0.05) is 16.7 Å². The molecule has 2 rings (SSSR count). The predicted molar refractivity (Wildman–Crippen MR) is 81.7 cm³/mol. The average Bonchev–Trinajstić information content (AvgIpc) is 3.29. The fourth-order valence-corrected chi connectivity index (χ4v) is 2.22. The molecule has 0 spiro atoms. The Morgan fingerprint density at radius 2 is 2.23 bits per heavy atom. The molecule has 1 fully saturated rings. The fourth-order valence-electron chi connectivity index (χ4n) is 2.07. The number of esters is 1. The molecule has 1 N–H and O–H groups in total. The van der Waals surface area contributed by atoms with Crippen molar-refractivity contribution in [2.75, 3.05) is 7.11 Å². The highest BCUT2D eigenvalue weighted by Crippen LogP contribution is 2.33. The van der Waals surface area contributed by atoms with Crippen molar-refractivity contribution in [1.29, 1.82) is 0 Å². The highest BCUT2D eigenvalue weighted by Gasteiger charge is 2.30. The smallest absolute Gasteiger partial charge is 0.328 e. The lowest BCUT2D eigenvalue weighted by atomic mass is 10.1.